The average Bonchev–Trinajstić information content (AvgIpc) is 2.45. The summed E-state index contributed by atoms with van der Waals surface area (Å²) in [6, 6.07) is 4.43. The van der Waals surface area contributed by atoms with E-state index in [1.165, 1.54) is 26.4 Å². The Labute approximate surface area is 121 Å². The average molecular weight is 300 g/mol. The van der Waals surface area contributed by atoms with Crippen molar-refractivity contribution < 1.29 is 23.9 Å². The van der Waals surface area contributed by atoms with Crippen LogP contribution in [0.3, 0.4) is 0 Å². The second-order valence-corrected chi connectivity index (χ2v) is 4.22. The number of amides is 1. The molecule has 1 N–H and O–H groups in total. The van der Waals surface area contributed by atoms with Crippen LogP contribution in [0.25, 0.3) is 0 Å². The van der Waals surface area contributed by atoms with Crippen molar-refractivity contribution >= 4 is 35.1 Å². The van der Waals surface area contributed by atoms with Crippen LogP contribution in [0.5, 0.6) is 0 Å². The second kappa shape index (κ2) is 7.49. The van der Waals surface area contributed by atoms with Crippen LogP contribution in [0.15, 0.2) is 18.2 Å². The van der Waals surface area contributed by atoms with Gasteiger partial charge >= 0.3 is 11.9 Å². The van der Waals surface area contributed by atoms with Gasteiger partial charge in [0, 0.05) is 12.1 Å². The highest BCUT2D eigenvalue weighted by Crippen LogP contribution is 2.21. The van der Waals surface area contributed by atoms with Crippen LogP contribution in [0, 0.1) is 0 Å². The van der Waals surface area contributed by atoms with E-state index in [1.807, 2.05) is 0 Å². The molecule has 0 unspecified atom stereocenters. The van der Waals surface area contributed by atoms with E-state index in [-0.39, 0.29) is 29.3 Å². The van der Waals surface area contributed by atoms with Crippen LogP contribution in [-0.4, -0.2) is 32.1 Å². The Balaban J connectivity index is 2.71. The first-order valence-corrected chi connectivity index (χ1v) is 6.10. The molecule has 1 aromatic carbocycles. The summed E-state index contributed by atoms with van der Waals surface area (Å²) in [5.74, 6) is -1.43. The van der Waals surface area contributed by atoms with Crippen molar-refractivity contribution in [3.63, 3.8) is 0 Å². The maximum absolute atomic E-state index is 11.6. The van der Waals surface area contributed by atoms with E-state index >= 15 is 0 Å². The Hall–Kier alpha value is -2.08. The number of carbonyl (C=O) groups is 3. The molecule has 0 aliphatic rings. The zero-order valence-electron chi connectivity index (χ0n) is 11.1. The third-order valence-corrected chi connectivity index (χ3v) is 2.77. The number of ether oxygens (including phenoxy) is 2. The minimum Gasteiger partial charge on any atom is -0.469 e. The fourth-order valence-electron chi connectivity index (χ4n) is 1.41. The summed E-state index contributed by atoms with van der Waals surface area (Å²) in [4.78, 5) is 34.0. The van der Waals surface area contributed by atoms with Gasteiger partial charge in [-0.25, -0.2) is 4.79 Å². The minimum atomic E-state index is -0.597. The Kier molecular flexibility index (Phi) is 5.99. The van der Waals surface area contributed by atoms with Gasteiger partial charge in [-0.3, -0.25) is 9.59 Å². The highest BCUT2D eigenvalue weighted by molar-refractivity contribution is 6.33. The second-order valence-electron chi connectivity index (χ2n) is 3.81. The van der Waals surface area contributed by atoms with Gasteiger partial charge in [0.15, 0.2) is 0 Å². The summed E-state index contributed by atoms with van der Waals surface area (Å²) in [6.07, 6.45) is -0.0252. The van der Waals surface area contributed by atoms with E-state index in [9.17, 15) is 14.4 Å². The van der Waals surface area contributed by atoms with Crippen molar-refractivity contribution in [1.29, 1.82) is 0 Å². The smallest absolute Gasteiger partial charge is 0.339 e. The van der Waals surface area contributed by atoms with E-state index < -0.39 is 11.9 Å². The zero-order chi connectivity index (χ0) is 15.1. The largest absolute Gasteiger partial charge is 0.469 e. The SMILES string of the molecule is COC(=O)CCC(=O)Nc1ccc(Cl)c(C(=O)OC)c1. The standard InChI is InChI=1S/C13H14ClNO5/c1-19-12(17)6-5-11(16)15-8-3-4-10(14)9(7-8)13(18)20-2/h3-4,7H,5-6H2,1-2H3,(H,15,16). The van der Waals surface area contributed by atoms with Crippen molar-refractivity contribution in [1.82, 2.24) is 0 Å². The number of methoxy groups -OCH3 is 2. The number of carbonyl (C=O) groups excluding carboxylic acids is 3. The molecule has 6 nitrogen and oxygen atoms in total. The summed E-state index contributed by atoms with van der Waals surface area (Å²) >= 11 is 5.85. The third kappa shape index (κ3) is 4.55. The number of rotatable bonds is 5. The number of anilines is 1. The van der Waals surface area contributed by atoms with Crippen molar-refractivity contribution in [2.75, 3.05) is 19.5 Å². The highest BCUT2D eigenvalue weighted by atomic mass is 35.5. The number of esters is 2. The monoisotopic (exact) mass is 299 g/mol. The summed E-state index contributed by atoms with van der Waals surface area (Å²) in [6.45, 7) is 0. The lowest BCUT2D eigenvalue weighted by molar-refractivity contribution is -0.141. The summed E-state index contributed by atoms with van der Waals surface area (Å²) < 4.78 is 9.01. The Morgan fingerprint density at radius 2 is 1.85 bits per heavy atom. The molecular formula is C13H14ClNO5. The Morgan fingerprint density at radius 3 is 2.45 bits per heavy atom. The first-order chi connectivity index (χ1) is 9.47. The first kappa shape index (κ1) is 16.0. The van der Waals surface area contributed by atoms with Gasteiger partial charge in [-0.2, -0.15) is 0 Å². The van der Waals surface area contributed by atoms with Gasteiger partial charge in [0.1, 0.15) is 0 Å². The lowest BCUT2D eigenvalue weighted by Gasteiger charge is -2.08. The molecule has 7 heteroatoms. The van der Waals surface area contributed by atoms with Crippen LogP contribution in [-0.2, 0) is 19.1 Å². The summed E-state index contributed by atoms with van der Waals surface area (Å²) in [7, 11) is 2.49. The molecule has 0 spiro atoms. The van der Waals surface area contributed by atoms with Crippen LogP contribution in [0.2, 0.25) is 5.02 Å². The highest BCUT2D eigenvalue weighted by Gasteiger charge is 2.13. The van der Waals surface area contributed by atoms with E-state index in [0.29, 0.717) is 5.69 Å². The summed E-state index contributed by atoms with van der Waals surface area (Å²) in [5.41, 5.74) is 0.546. The number of nitrogens with one attached hydrogen (secondary N) is 1. The molecule has 1 rings (SSSR count). The molecule has 20 heavy (non-hydrogen) atoms. The number of halogens is 1. The molecular weight excluding hydrogens is 286 g/mol. The molecule has 0 atom stereocenters. The lowest BCUT2D eigenvalue weighted by Crippen LogP contribution is -2.14. The van der Waals surface area contributed by atoms with E-state index in [1.54, 1.807) is 6.07 Å². The third-order valence-electron chi connectivity index (χ3n) is 2.44. The van der Waals surface area contributed by atoms with Crippen LogP contribution in [0.4, 0.5) is 5.69 Å². The van der Waals surface area contributed by atoms with Gasteiger partial charge in [0.05, 0.1) is 31.2 Å². The van der Waals surface area contributed by atoms with E-state index in [0.717, 1.165) is 0 Å². The molecule has 0 aliphatic heterocycles. The molecule has 0 aliphatic carbocycles. The quantitative estimate of drug-likeness (QED) is 0.841. The molecule has 0 saturated heterocycles. The van der Waals surface area contributed by atoms with Gasteiger partial charge < -0.3 is 14.8 Å². The van der Waals surface area contributed by atoms with Gasteiger partial charge in [-0.05, 0) is 18.2 Å². The maximum Gasteiger partial charge on any atom is 0.339 e. The van der Waals surface area contributed by atoms with Crippen LogP contribution < -0.4 is 5.32 Å². The molecule has 0 heterocycles. The molecule has 0 bridgehead atoms. The lowest BCUT2D eigenvalue weighted by atomic mass is 10.2. The zero-order valence-corrected chi connectivity index (χ0v) is 11.8. The molecule has 1 amide bonds. The predicted molar refractivity (Wildman–Crippen MR) is 72.7 cm³/mol. The van der Waals surface area contributed by atoms with E-state index in [2.05, 4.69) is 14.8 Å². The number of hydrogen-bond donors (Lipinski definition) is 1. The maximum atomic E-state index is 11.6. The van der Waals surface area contributed by atoms with Crippen molar-refractivity contribution in [2.45, 2.75) is 12.8 Å². The Bertz CT molecular complexity index is 529. The van der Waals surface area contributed by atoms with Crippen LogP contribution >= 0.6 is 11.6 Å². The molecule has 0 saturated carbocycles. The fourth-order valence-corrected chi connectivity index (χ4v) is 1.61. The molecule has 0 radical (unpaired) electrons. The fraction of sp³-hybridized carbons (Fsp3) is 0.308. The molecule has 0 aromatic heterocycles. The van der Waals surface area contributed by atoms with Crippen LogP contribution in [0.1, 0.15) is 23.2 Å². The predicted octanol–water partition coefficient (Wildman–Crippen LogP) is 2.02. The minimum absolute atomic E-state index is 0.0111. The first-order valence-electron chi connectivity index (χ1n) is 5.72. The van der Waals surface area contributed by atoms with Gasteiger partial charge in [0.2, 0.25) is 5.91 Å². The van der Waals surface area contributed by atoms with Gasteiger partial charge in [0.25, 0.3) is 0 Å². The Morgan fingerprint density at radius 1 is 1.15 bits per heavy atom. The molecule has 0 fully saturated rings. The molecule has 1 aromatic rings. The van der Waals surface area contributed by atoms with Gasteiger partial charge in [-0.15, -0.1) is 0 Å². The molecule has 108 valence electrons. The number of hydrogen-bond acceptors (Lipinski definition) is 5. The normalized spacial score (nSPS) is 9.75. The van der Waals surface area contributed by atoms with E-state index in [4.69, 9.17) is 11.6 Å². The van der Waals surface area contributed by atoms with Crippen molar-refractivity contribution in [3.8, 4) is 0 Å². The topological polar surface area (TPSA) is 81.7 Å². The van der Waals surface area contributed by atoms with Crippen molar-refractivity contribution in [3.05, 3.63) is 28.8 Å². The number of benzene rings is 1. The van der Waals surface area contributed by atoms with Crippen molar-refractivity contribution in [2.24, 2.45) is 0 Å². The van der Waals surface area contributed by atoms with Gasteiger partial charge in [-0.1, -0.05) is 11.6 Å². The summed E-state index contributed by atoms with van der Waals surface area (Å²) in [5, 5.41) is 2.78.